The number of fused-ring (bicyclic) bond motifs is 1. The molecule has 7 heavy (non-hydrogen) atoms. The maximum atomic E-state index is 8.95. The second kappa shape index (κ2) is 0.408. The van der Waals surface area contributed by atoms with Crippen LogP contribution in [-0.4, -0.2) is 11.2 Å². The van der Waals surface area contributed by atoms with Crippen LogP contribution in [0, 0.1) is 16.7 Å². The van der Waals surface area contributed by atoms with Crippen molar-refractivity contribution >= 4 is 0 Å². The Kier molecular flexibility index (Phi) is 0.179. The highest BCUT2D eigenvalue weighted by molar-refractivity contribution is 5.52. The van der Waals surface area contributed by atoms with Crippen LogP contribution in [0.2, 0.25) is 0 Å². The zero-order chi connectivity index (χ0) is 4.86. The van der Waals surface area contributed by atoms with E-state index < -0.39 is 0 Å². The van der Waals surface area contributed by atoms with Crippen molar-refractivity contribution in [3.8, 4) is 0 Å². The van der Waals surface area contributed by atoms with Crippen LogP contribution in [0.15, 0.2) is 0 Å². The van der Waals surface area contributed by atoms with Crippen molar-refractivity contribution in [3.05, 3.63) is 0 Å². The lowest BCUT2D eigenvalue weighted by Gasteiger charge is -1.96. The summed E-state index contributed by atoms with van der Waals surface area (Å²) in [6, 6.07) is 0. The van der Waals surface area contributed by atoms with Gasteiger partial charge in [-0.1, -0.05) is 6.92 Å². The highest BCUT2D eigenvalue weighted by Crippen LogP contribution is 3.05. The molecule has 0 aliphatic heterocycles. The number of hydrogen-bond donors (Lipinski definition) is 1. The van der Waals surface area contributed by atoms with E-state index in [4.69, 9.17) is 5.11 Å². The van der Waals surface area contributed by atoms with Gasteiger partial charge in [0.05, 0.1) is 6.10 Å². The van der Waals surface area contributed by atoms with Gasteiger partial charge < -0.3 is 5.11 Å². The van der Waals surface area contributed by atoms with Gasteiger partial charge in [-0.3, -0.25) is 0 Å². The van der Waals surface area contributed by atoms with Gasteiger partial charge in [-0.05, 0) is 11.8 Å². The summed E-state index contributed by atoms with van der Waals surface area (Å²) >= 11 is 0. The standard InChI is InChI=1S/C6H8O/c1-5-2-6(5)3(5)4(6)7/h3-4,7H,2H2,1H3. The molecular weight excluding hydrogens is 88.1 g/mol. The molecule has 1 nitrogen and oxygen atoms in total. The largest absolute Gasteiger partial charge is 0.392 e. The van der Waals surface area contributed by atoms with Crippen molar-refractivity contribution in [1.82, 2.24) is 0 Å². The quantitative estimate of drug-likeness (QED) is 0.462. The van der Waals surface area contributed by atoms with Gasteiger partial charge in [0.1, 0.15) is 0 Å². The fourth-order valence-corrected chi connectivity index (χ4v) is 2.60. The molecule has 0 aromatic rings. The Morgan fingerprint density at radius 3 is 2.29 bits per heavy atom. The molecule has 0 amide bonds. The Balaban J connectivity index is 2.12. The molecule has 0 aromatic carbocycles. The average molecular weight is 96.1 g/mol. The van der Waals surface area contributed by atoms with Crippen LogP contribution >= 0.6 is 0 Å². The molecule has 1 spiro atoms. The Morgan fingerprint density at radius 1 is 1.71 bits per heavy atom. The average Bonchev–Trinajstić information content (AvgIpc) is 2.30. The Hall–Kier alpha value is -0.0400. The molecule has 3 rings (SSSR count). The third kappa shape index (κ3) is 0.0975. The lowest BCUT2D eigenvalue weighted by atomic mass is 10.1. The van der Waals surface area contributed by atoms with Gasteiger partial charge >= 0.3 is 0 Å². The lowest BCUT2D eigenvalue weighted by Crippen LogP contribution is -2.00. The summed E-state index contributed by atoms with van der Waals surface area (Å²) in [5, 5.41) is 8.95. The summed E-state index contributed by atoms with van der Waals surface area (Å²) in [5.41, 5.74) is 1.21. The fourth-order valence-electron chi connectivity index (χ4n) is 2.60. The van der Waals surface area contributed by atoms with Gasteiger partial charge in [0.15, 0.2) is 0 Å². The van der Waals surface area contributed by atoms with E-state index >= 15 is 0 Å². The Bertz CT molecular complexity index is 166. The molecule has 0 radical (unpaired) electrons. The van der Waals surface area contributed by atoms with Crippen molar-refractivity contribution in [2.75, 3.05) is 0 Å². The van der Waals surface area contributed by atoms with Crippen LogP contribution in [0.3, 0.4) is 0 Å². The molecule has 4 unspecified atom stereocenters. The van der Waals surface area contributed by atoms with Crippen molar-refractivity contribution in [2.24, 2.45) is 16.7 Å². The number of aliphatic hydroxyl groups is 1. The molecule has 0 aromatic heterocycles. The smallest absolute Gasteiger partial charge is 0.0645 e. The second-order valence-corrected chi connectivity index (χ2v) is 3.56. The third-order valence-corrected chi connectivity index (χ3v) is 3.49. The van der Waals surface area contributed by atoms with Crippen LogP contribution < -0.4 is 0 Å². The third-order valence-electron chi connectivity index (χ3n) is 3.49. The molecule has 1 N–H and O–H groups in total. The van der Waals surface area contributed by atoms with E-state index in [0.29, 0.717) is 10.8 Å². The Morgan fingerprint density at radius 2 is 2.29 bits per heavy atom. The van der Waals surface area contributed by atoms with Crippen molar-refractivity contribution in [2.45, 2.75) is 19.4 Å². The van der Waals surface area contributed by atoms with Gasteiger partial charge in [-0.25, -0.2) is 0 Å². The van der Waals surface area contributed by atoms with Crippen molar-refractivity contribution < 1.29 is 5.11 Å². The molecule has 38 valence electrons. The lowest BCUT2D eigenvalue weighted by molar-refractivity contribution is 0.197. The van der Waals surface area contributed by atoms with Crippen LogP contribution in [0.5, 0.6) is 0 Å². The summed E-state index contributed by atoms with van der Waals surface area (Å²) in [4.78, 5) is 0. The summed E-state index contributed by atoms with van der Waals surface area (Å²) in [7, 11) is 0. The summed E-state index contributed by atoms with van der Waals surface area (Å²) in [6.07, 6.45) is 1.46. The van der Waals surface area contributed by atoms with Gasteiger partial charge in [-0.2, -0.15) is 0 Å². The number of hydrogen-bond acceptors (Lipinski definition) is 1. The molecule has 0 heterocycles. The monoisotopic (exact) mass is 96.1 g/mol. The minimum absolute atomic E-state index is 0.137. The number of aliphatic hydroxyl groups excluding tert-OH is 1. The first-order valence-corrected chi connectivity index (χ1v) is 2.91. The van der Waals surface area contributed by atoms with Crippen LogP contribution in [0.1, 0.15) is 13.3 Å². The second-order valence-electron chi connectivity index (χ2n) is 3.56. The van der Waals surface area contributed by atoms with E-state index in [1.165, 1.54) is 6.42 Å². The van der Waals surface area contributed by atoms with Crippen LogP contribution in [-0.2, 0) is 0 Å². The highest BCUT2D eigenvalue weighted by Gasteiger charge is 3.05. The first-order valence-electron chi connectivity index (χ1n) is 2.91. The topological polar surface area (TPSA) is 20.2 Å². The maximum absolute atomic E-state index is 8.95. The predicted octanol–water partition coefficient (Wildman–Crippen LogP) is 0.387. The van der Waals surface area contributed by atoms with Crippen molar-refractivity contribution in [1.29, 1.82) is 0 Å². The van der Waals surface area contributed by atoms with Crippen LogP contribution in [0.25, 0.3) is 0 Å². The molecule has 3 aliphatic carbocycles. The van der Waals surface area contributed by atoms with Gasteiger partial charge in [-0.15, -0.1) is 0 Å². The van der Waals surface area contributed by atoms with Gasteiger partial charge in [0.2, 0.25) is 0 Å². The van der Waals surface area contributed by atoms with Crippen molar-refractivity contribution in [3.63, 3.8) is 0 Å². The van der Waals surface area contributed by atoms with E-state index in [0.717, 1.165) is 5.92 Å². The van der Waals surface area contributed by atoms with E-state index in [9.17, 15) is 0 Å². The molecule has 3 fully saturated rings. The maximum Gasteiger partial charge on any atom is 0.0645 e. The van der Waals surface area contributed by atoms with E-state index in [-0.39, 0.29) is 6.10 Å². The Labute approximate surface area is 42.3 Å². The minimum Gasteiger partial charge on any atom is -0.392 e. The molecule has 4 atom stereocenters. The number of rotatable bonds is 0. The molecule has 3 saturated carbocycles. The molecule has 3 aliphatic rings. The van der Waals surface area contributed by atoms with Crippen LogP contribution in [0.4, 0.5) is 0 Å². The fraction of sp³-hybridized carbons (Fsp3) is 1.00. The predicted molar refractivity (Wildman–Crippen MR) is 24.7 cm³/mol. The first kappa shape index (κ1) is 3.08. The normalized spacial score (nSPS) is 90.0. The highest BCUT2D eigenvalue weighted by atomic mass is 16.3. The van der Waals surface area contributed by atoms with E-state index in [2.05, 4.69) is 6.92 Å². The SMILES string of the molecule is CC12CC13C(O)C23. The summed E-state index contributed by atoms with van der Waals surface area (Å²) in [5.74, 6) is 0.764. The van der Waals surface area contributed by atoms with Gasteiger partial charge in [0, 0.05) is 11.3 Å². The molecule has 0 saturated heterocycles. The van der Waals surface area contributed by atoms with E-state index in [1.807, 2.05) is 0 Å². The first-order chi connectivity index (χ1) is 3.23. The molecule has 0 bridgehead atoms. The van der Waals surface area contributed by atoms with Gasteiger partial charge in [0.25, 0.3) is 0 Å². The zero-order valence-electron chi connectivity index (χ0n) is 4.31. The molecule has 1 heteroatoms. The summed E-state index contributed by atoms with van der Waals surface area (Å²) < 4.78 is 0. The summed E-state index contributed by atoms with van der Waals surface area (Å²) in [6.45, 7) is 2.28. The molecular formula is C6H8O. The minimum atomic E-state index is 0.137. The zero-order valence-corrected chi connectivity index (χ0v) is 4.31. The van der Waals surface area contributed by atoms with E-state index in [1.54, 1.807) is 0 Å².